The molecule has 6 nitrogen and oxygen atoms in total. The van der Waals surface area contributed by atoms with Crippen LogP contribution in [0.2, 0.25) is 0 Å². The fourth-order valence-corrected chi connectivity index (χ4v) is 2.57. The van der Waals surface area contributed by atoms with Crippen molar-refractivity contribution in [2.24, 2.45) is 5.92 Å². The quantitative estimate of drug-likeness (QED) is 0.649. The highest BCUT2D eigenvalue weighted by atomic mass is 16.3. The van der Waals surface area contributed by atoms with Gasteiger partial charge in [0.1, 0.15) is 5.82 Å². The predicted molar refractivity (Wildman–Crippen MR) is 95.3 cm³/mol. The first kappa shape index (κ1) is 15.4. The molecule has 0 saturated heterocycles. The van der Waals surface area contributed by atoms with Crippen LogP contribution in [0.25, 0.3) is 22.4 Å². The lowest BCUT2D eigenvalue weighted by molar-refractivity contribution is 0.161. The molecule has 0 amide bonds. The Balaban J connectivity index is 0.00000156. The van der Waals surface area contributed by atoms with Crippen molar-refractivity contribution in [3.8, 4) is 11.4 Å². The molecular weight excluding hydrogens is 290 g/mol. The van der Waals surface area contributed by atoms with E-state index in [4.69, 9.17) is 0 Å². The van der Waals surface area contributed by atoms with Gasteiger partial charge in [0.2, 0.25) is 0 Å². The van der Waals surface area contributed by atoms with Crippen LogP contribution in [0.15, 0.2) is 36.5 Å². The molecule has 1 unspecified atom stereocenters. The second kappa shape index (κ2) is 6.75. The van der Waals surface area contributed by atoms with Gasteiger partial charge >= 0.3 is 0 Å². The van der Waals surface area contributed by atoms with Gasteiger partial charge in [0.05, 0.1) is 17.5 Å². The average Bonchev–Trinajstić information content (AvgIpc) is 2.97. The number of aliphatic hydroxyl groups excluding tert-OH is 1. The SMILES string of the molecule is CC(C)CC(O)CNc1cccc(-c2[nH]nc3ncccc23)n1.[HH].[HH]. The molecule has 0 radical (unpaired) electrons. The van der Waals surface area contributed by atoms with E-state index in [1.807, 2.05) is 30.3 Å². The van der Waals surface area contributed by atoms with Crippen molar-refractivity contribution >= 4 is 16.9 Å². The van der Waals surface area contributed by atoms with E-state index in [0.29, 0.717) is 18.1 Å². The zero-order valence-corrected chi connectivity index (χ0v) is 13.3. The lowest BCUT2D eigenvalue weighted by Gasteiger charge is -2.14. The molecule has 0 aromatic carbocycles. The third-order valence-corrected chi connectivity index (χ3v) is 3.60. The number of aromatic nitrogens is 4. The Kier molecular flexibility index (Phi) is 4.52. The molecule has 3 rings (SSSR count). The summed E-state index contributed by atoms with van der Waals surface area (Å²) in [5.74, 6) is 1.20. The largest absolute Gasteiger partial charge is 0.391 e. The van der Waals surface area contributed by atoms with Crippen molar-refractivity contribution < 1.29 is 7.96 Å². The molecule has 23 heavy (non-hydrogen) atoms. The molecule has 0 saturated carbocycles. The summed E-state index contributed by atoms with van der Waals surface area (Å²) in [5, 5.41) is 21.3. The third-order valence-electron chi connectivity index (χ3n) is 3.60. The van der Waals surface area contributed by atoms with Gasteiger partial charge in [0, 0.05) is 21.0 Å². The Bertz CT molecular complexity index is 793. The van der Waals surface area contributed by atoms with Gasteiger partial charge in [-0.1, -0.05) is 19.9 Å². The monoisotopic (exact) mass is 315 g/mol. The number of hydrogen-bond acceptors (Lipinski definition) is 5. The topological polar surface area (TPSA) is 86.7 Å². The number of anilines is 1. The maximum Gasteiger partial charge on any atom is 0.181 e. The van der Waals surface area contributed by atoms with Crippen LogP contribution in [0.4, 0.5) is 5.82 Å². The Morgan fingerprint density at radius 3 is 2.96 bits per heavy atom. The number of hydrogen-bond donors (Lipinski definition) is 3. The molecule has 1 atom stereocenters. The maximum atomic E-state index is 9.96. The highest BCUT2D eigenvalue weighted by Crippen LogP contribution is 2.24. The van der Waals surface area contributed by atoms with Crippen molar-refractivity contribution in [2.45, 2.75) is 26.4 Å². The zero-order valence-electron chi connectivity index (χ0n) is 13.3. The van der Waals surface area contributed by atoms with Crippen molar-refractivity contribution in [3.05, 3.63) is 36.5 Å². The van der Waals surface area contributed by atoms with Gasteiger partial charge in [-0.25, -0.2) is 9.97 Å². The Labute approximate surface area is 138 Å². The molecule has 0 bridgehead atoms. The summed E-state index contributed by atoms with van der Waals surface area (Å²) in [5.41, 5.74) is 2.32. The summed E-state index contributed by atoms with van der Waals surface area (Å²) >= 11 is 0. The van der Waals surface area contributed by atoms with E-state index >= 15 is 0 Å². The minimum absolute atomic E-state index is 0. The predicted octanol–water partition coefficient (Wildman–Crippen LogP) is 3.33. The van der Waals surface area contributed by atoms with Gasteiger partial charge in [0.25, 0.3) is 0 Å². The van der Waals surface area contributed by atoms with Gasteiger partial charge in [0.15, 0.2) is 5.65 Å². The number of aromatic amines is 1. The lowest BCUT2D eigenvalue weighted by Crippen LogP contribution is -2.21. The molecule has 3 aromatic heterocycles. The van der Waals surface area contributed by atoms with Gasteiger partial charge in [-0.2, -0.15) is 5.10 Å². The fraction of sp³-hybridized carbons (Fsp3) is 0.353. The minimum atomic E-state index is -0.377. The van der Waals surface area contributed by atoms with E-state index < -0.39 is 0 Å². The highest BCUT2D eigenvalue weighted by Gasteiger charge is 2.11. The van der Waals surface area contributed by atoms with Crippen LogP contribution >= 0.6 is 0 Å². The summed E-state index contributed by atoms with van der Waals surface area (Å²) in [6.45, 7) is 4.68. The number of rotatable bonds is 6. The maximum absolute atomic E-state index is 9.96. The van der Waals surface area contributed by atoms with Crippen LogP contribution in [0.5, 0.6) is 0 Å². The Hall–Kier alpha value is -2.47. The van der Waals surface area contributed by atoms with Crippen molar-refractivity contribution in [1.29, 1.82) is 0 Å². The van der Waals surface area contributed by atoms with Crippen molar-refractivity contribution in [1.82, 2.24) is 20.2 Å². The van der Waals surface area contributed by atoms with Crippen molar-refractivity contribution in [2.75, 3.05) is 11.9 Å². The Morgan fingerprint density at radius 1 is 1.26 bits per heavy atom. The van der Waals surface area contributed by atoms with Gasteiger partial charge in [-0.15, -0.1) is 0 Å². The first-order valence-corrected chi connectivity index (χ1v) is 7.82. The van der Waals surface area contributed by atoms with Gasteiger partial charge < -0.3 is 10.4 Å². The van der Waals surface area contributed by atoms with Gasteiger partial charge in [-0.3, -0.25) is 5.10 Å². The molecule has 0 spiro atoms. The number of fused-ring (bicyclic) bond motifs is 1. The van der Waals surface area contributed by atoms with Gasteiger partial charge in [-0.05, 0) is 36.6 Å². The molecule has 3 N–H and O–H groups in total. The minimum Gasteiger partial charge on any atom is -0.391 e. The molecule has 0 aliphatic heterocycles. The van der Waals surface area contributed by atoms with E-state index in [2.05, 4.69) is 39.3 Å². The zero-order chi connectivity index (χ0) is 16.2. The van der Waals surface area contributed by atoms with E-state index in [1.54, 1.807) is 6.20 Å². The highest BCUT2D eigenvalue weighted by molar-refractivity contribution is 5.89. The second-order valence-corrected chi connectivity index (χ2v) is 6.05. The van der Waals surface area contributed by atoms with E-state index in [-0.39, 0.29) is 8.96 Å². The summed E-state index contributed by atoms with van der Waals surface area (Å²) in [6.07, 6.45) is 2.11. The number of nitrogens with one attached hydrogen (secondary N) is 2. The fourth-order valence-electron chi connectivity index (χ4n) is 2.57. The molecule has 124 valence electrons. The van der Waals surface area contributed by atoms with Crippen LogP contribution in [0.1, 0.15) is 23.1 Å². The van der Waals surface area contributed by atoms with Crippen LogP contribution in [-0.4, -0.2) is 37.9 Å². The molecule has 0 aliphatic carbocycles. The summed E-state index contributed by atoms with van der Waals surface area (Å²) in [7, 11) is 0. The lowest BCUT2D eigenvalue weighted by atomic mass is 10.1. The standard InChI is InChI=1S/C17H21N5O.2H2/c1-11(2)9-12(23)10-19-15-7-3-6-14(20-15)16-13-5-4-8-18-17(13)22-21-16;;/h3-8,11-12,23H,9-10H2,1-2H3,(H,19,20)(H,18,21,22);2*1H. The molecular formula is C17H25N5O. The van der Waals surface area contributed by atoms with Crippen molar-refractivity contribution in [3.63, 3.8) is 0 Å². The molecule has 6 heteroatoms. The first-order valence-electron chi connectivity index (χ1n) is 7.82. The molecule has 3 heterocycles. The normalized spacial score (nSPS) is 12.7. The average molecular weight is 315 g/mol. The number of pyridine rings is 2. The molecule has 0 aliphatic rings. The van der Waals surface area contributed by atoms with E-state index in [1.165, 1.54) is 0 Å². The number of H-pyrrole nitrogens is 1. The van der Waals surface area contributed by atoms with Crippen LogP contribution in [-0.2, 0) is 0 Å². The summed E-state index contributed by atoms with van der Waals surface area (Å²) in [6, 6.07) is 9.60. The van der Waals surface area contributed by atoms with E-state index in [9.17, 15) is 5.11 Å². The number of aliphatic hydroxyl groups is 1. The molecule has 0 fully saturated rings. The second-order valence-electron chi connectivity index (χ2n) is 6.05. The van der Waals surface area contributed by atoms with Crippen LogP contribution in [0.3, 0.4) is 0 Å². The van der Waals surface area contributed by atoms with Crippen LogP contribution < -0.4 is 5.32 Å². The number of nitrogens with zero attached hydrogens (tertiary/aromatic N) is 3. The Morgan fingerprint density at radius 2 is 2.13 bits per heavy atom. The van der Waals surface area contributed by atoms with E-state index in [0.717, 1.165) is 29.0 Å². The summed E-state index contributed by atoms with van der Waals surface area (Å²) < 4.78 is 0. The third kappa shape index (κ3) is 3.65. The smallest absolute Gasteiger partial charge is 0.181 e. The van der Waals surface area contributed by atoms with Crippen LogP contribution in [0, 0.1) is 5.92 Å². The first-order chi connectivity index (χ1) is 11.1. The molecule has 3 aromatic rings. The summed E-state index contributed by atoms with van der Waals surface area (Å²) in [4.78, 5) is 8.81.